The summed E-state index contributed by atoms with van der Waals surface area (Å²) in [6.07, 6.45) is 4.75. The van der Waals surface area contributed by atoms with Crippen LogP contribution in [0.2, 0.25) is 0 Å². The highest BCUT2D eigenvalue weighted by atomic mass is 15.1. The molecule has 0 amide bonds. The molecule has 0 aliphatic heterocycles. The predicted molar refractivity (Wildman–Crippen MR) is 49.9 cm³/mol. The van der Waals surface area contributed by atoms with E-state index in [-0.39, 0.29) is 5.54 Å². The van der Waals surface area contributed by atoms with E-state index in [1.54, 1.807) is 0 Å². The summed E-state index contributed by atoms with van der Waals surface area (Å²) in [7, 11) is 0. The number of hydrogen-bond donors (Lipinski definition) is 1. The number of rotatable bonds is 3. The molecule has 1 aromatic rings. The van der Waals surface area contributed by atoms with E-state index in [0.29, 0.717) is 0 Å². The molecule has 0 unspecified atom stereocenters. The Balaban J connectivity index is 2.75. The van der Waals surface area contributed by atoms with Gasteiger partial charge in [0.25, 0.3) is 0 Å². The average molecular weight is 167 g/mol. The van der Waals surface area contributed by atoms with Crippen molar-refractivity contribution in [3.63, 3.8) is 0 Å². The molecule has 0 aliphatic rings. The summed E-state index contributed by atoms with van der Waals surface area (Å²) in [5, 5.41) is 0. The van der Waals surface area contributed by atoms with Crippen LogP contribution >= 0.6 is 0 Å². The van der Waals surface area contributed by atoms with Crippen molar-refractivity contribution in [1.29, 1.82) is 0 Å². The van der Waals surface area contributed by atoms with Gasteiger partial charge in [-0.25, -0.2) is 4.98 Å². The minimum absolute atomic E-state index is 0.162. The molecule has 0 bridgehead atoms. The largest absolute Gasteiger partial charge is 0.333 e. The van der Waals surface area contributed by atoms with E-state index in [4.69, 9.17) is 5.73 Å². The van der Waals surface area contributed by atoms with Crippen LogP contribution < -0.4 is 5.73 Å². The first-order valence-electron chi connectivity index (χ1n) is 4.31. The molecule has 0 radical (unpaired) electrons. The molecule has 0 aromatic carbocycles. The quantitative estimate of drug-likeness (QED) is 0.734. The molecule has 68 valence electrons. The SMILES string of the molecule is CCc1cncn1CC(C)(C)N. The summed E-state index contributed by atoms with van der Waals surface area (Å²) >= 11 is 0. The van der Waals surface area contributed by atoms with E-state index in [2.05, 4.69) is 16.5 Å². The Morgan fingerprint density at radius 3 is 2.75 bits per heavy atom. The van der Waals surface area contributed by atoms with Crippen LogP contribution in [-0.4, -0.2) is 15.1 Å². The van der Waals surface area contributed by atoms with Crippen molar-refractivity contribution in [3.05, 3.63) is 18.2 Å². The van der Waals surface area contributed by atoms with E-state index in [9.17, 15) is 0 Å². The number of aryl methyl sites for hydroxylation is 1. The Bertz CT molecular complexity index is 245. The Labute approximate surface area is 73.6 Å². The van der Waals surface area contributed by atoms with Crippen LogP contribution in [0.1, 0.15) is 26.5 Å². The van der Waals surface area contributed by atoms with Gasteiger partial charge in [0.05, 0.1) is 6.33 Å². The van der Waals surface area contributed by atoms with Gasteiger partial charge in [-0.1, -0.05) is 6.92 Å². The Kier molecular flexibility index (Phi) is 2.52. The van der Waals surface area contributed by atoms with Crippen LogP contribution in [0.25, 0.3) is 0 Å². The maximum Gasteiger partial charge on any atom is 0.0948 e. The number of imidazole rings is 1. The maximum atomic E-state index is 5.90. The molecule has 1 aromatic heterocycles. The van der Waals surface area contributed by atoms with Crippen LogP contribution in [0.15, 0.2) is 12.5 Å². The van der Waals surface area contributed by atoms with Crippen LogP contribution in [-0.2, 0) is 13.0 Å². The van der Waals surface area contributed by atoms with E-state index in [0.717, 1.165) is 13.0 Å². The van der Waals surface area contributed by atoms with E-state index >= 15 is 0 Å². The highest BCUT2D eigenvalue weighted by Crippen LogP contribution is 2.06. The Morgan fingerprint density at radius 1 is 1.58 bits per heavy atom. The van der Waals surface area contributed by atoms with Gasteiger partial charge < -0.3 is 10.3 Å². The molecule has 12 heavy (non-hydrogen) atoms. The first-order valence-corrected chi connectivity index (χ1v) is 4.31. The van der Waals surface area contributed by atoms with Crippen LogP contribution in [0.3, 0.4) is 0 Å². The van der Waals surface area contributed by atoms with Gasteiger partial charge in [0.15, 0.2) is 0 Å². The lowest BCUT2D eigenvalue weighted by atomic mass is 10.1. The van der Waals surface area contributed by atoms with E-state index in [1.165, 1.54) is 5.69 Å². The van der Waals surface area contributed by atoms with Crippen molar-refractivity contribution in [1.82, 2.24) is 9.55 Å². The molecule has 0 aliphatic carbocycles. The van der Waals surface area contributed by atoms with Crippen LogP contribution in [0, 0.1) is 0 Å². The second-order valence-corrected chi connectivity index (χ2v) is 3.86. The second kappa shape index (κ2) is 3.27. The number of hydrogen-bond acceptors (Lipinski definition) is 2. The van der Waals surface area contributed by atoms with Gasteiger partial charge in [-0.15, -0.1) is 0 Å². The van der Waals surface area contributed by atoms with Crippen molar-refractivity contribution in [2.45, 2.75) is 39.3 Å². The fraction of sp³-hybridized carbons (Fsp3) is 0.667. The fourth-order valence-electron chi connectivity index (χ4n) is 1.22. The summed E-state index contributed by atoms with van der Waals surface area (Å²) in [6.45, 7) is 6.99. The molecule has 0 fully saturated rings. The van der Waals surface area contributed by atoms with Gasteiger partial charge in [0, 0.05) is 24.0 Å². The van der Waals surface area contributed by atoms with Crippen LogP contribution in [0.5, 0.6) is 0 Å². The molecule has 3 heteroatoms. The zero-order chi connectivity index (χ0) is 9.19. The normalized spacial score (nSPS) is 12.0. The zero-order valence-corrected chi connectivity index (χ0v) is 8.04. The Hall–Kier alpha value is -0.830. The number of nitrogens with zero attached hydrogens (tertiary/aromatic N) is 2. The van der Waals surface area contributed by atoms with E-state index < -0.39 is 0 Å². The van der Waals surface area contributed by atoms with Crippen molar-refractivity contribution in [3.8, 4) is 0 Å². The number of nitrogens with two attached hydrogens (primary N) is 1. The lowest BCUT2D eigenvalue weighted by Crippen LogP contribution is -2.37. The van der Waals surface area contributed by atoms with Crippen LogP contribution in [0.4, 0.5) is 0 Å². The third-order valence-electron chi connectivity index (χ3n) is 1.74. The van der Waals surface area contributed by atoms with E-state index in [1.807, 2.05) is 26.4 Å². The standard InChI is InChI=1S/C9H17N3/c1-4-8-5-11-7-12(8)6-9(2,3)10/h5,7H,4,6,10H2,1-3H3. The zero-order valence-electron chi connectivity index (χ0n) is 8.04. The molecule has 1 rings (SSSR count). The molecule has 1 heterocycles. The summed E-state index contributed by atoms with van der Waals surface area (Å²) < 4.78 is 2.11. The molecular formula is C9H17N3. The first kappa shape index (κ1) is 9.26. The van der Waals surface area contributed by atoms with Crippen molar-refractivity contribution >= 4 is 0 Å². The Morgan fingerprint density at radius 2 is 2.25 bits per heavy atom. The maximum absolute atomic E-state index is 5.90. The smallest absolute Gasteiger partial charge is 0.0948 e. The summed E-state index contributed by atoms with van der Waals surface area (Å²) in [5.74, 6) is 0. The topological polar surface area (TPSA) is 43.8 Å². The molecular weight excluding hydrogens is 150 g/mol. The van der Waals surface area contributed by atoms with Gasteiger partial charge in [-0.2, -0.15) is 0 Å². The van der Waals surface area contributed by atoms with Crippen molar-refractivity contribution in [2.75, 3.05) is 0 Å². The molecule has 0 spiro atoms. The van der Waals surface area contributed by atoms with Gasteiger partial charge in [0.2, 0.25) is 0 Å². The summed E-state index contributed by atoms with van der Waals surface area (Å²) in [4.78, 5) is 4.08. The monoisotopic (exact) mass is 167 g/mol. The van der Waals surface area contributed by atoms with Gasteiger partial charge in [-0.05, 0) is 20.3 Å². The second-order valence-electron chi connectivity index (χ2n) is 3.86. The minimum Gasteiger partial charge on any atom is -0.333 e. The average Bonchev–Trinajstić information content (AvgIpc) is 2.31. The summed E-state index contributed by atoms with van der Waals surface area (Å²) in [5.41, 5.74) is 6.98. The third kappa shape index (κ3) is 2.34. The molecule has 3 nitrogen and oxygen atoms in total. The van der Waals surface area contributed by atoms with Gasteiger partial charge >= 0.3 is 0 Å². The molecule has 0 saturated heterocycles. The van der Waals surface area contributed by atoms with Gasteiger partial charge in [-0.3, -0.25) is 0 Å². The molecule has 2 N–H and O–H groups in total. The van der Waals surface area contributed by atoms with Crippen molar-refractivity contribution in [2.24, 2.45) is 5.73 Å². The van der Waals surface area contributed by atoms with Crippen molar-refractivity contribution < 1.29 is 0 Å². The lowest BCUT2D eigenvalue weighted by molar-refractivity contribution is 0.427. The summed E-state index contributed by atoms with van der Waals surface area (Å²) in [6, 6.07) is 0. The number of aromatic nitrogens is 2. The minimum atomic E-state index is -0.162. The highest BCUT2D eigenvalue weighted by Gasteiger charge is 2.12. The highest BCUT2D eigenvalue weighted by molar-refractivity contribution is 4.98. The van der Waals surface area contributed by atoms with Gasteiger partial charge in [0.1, 0.15) is 0 Å². The fourth-order valence-corrected chi connectivity index (χ4v) is 1.22. The molecule has 0 saturated carbocycles. The predicted octanol–water partition coefficient (Wildman–Crippen LogP) is 1.18. The molecule has 0 atom stereocenters. The first-order chi connectivity index (χ1) is 5.53. The third-order valence-corrected chi connectivity index (χ3v) is 1.74. The lowest BCUT2D eigenvalue weighted by Gasteiger charge is -2.20.